The van der Waals surface area contributed by atoms with E-state index in [2.05, 4.69) is 4.98 Å². The molecule has 0 N–H and O–H groups in total. The van der Waals surface area contributed by atoms with Crippen LogP contribution in [0.3, 0.4) is 0 Å². The Balaban J connectivity index is 1.53. The van der Waals surface area contributed by atoms with Crippen molar-refractivity contribution in [2.45, 2.75) is 17.9 Å². The van der Waals surface area contributed by atoms with Crippen molar-refractivity contribution in [2.75, 3.05) is 32.1 Å². The summed E-state index contributed by atoms with van der Waals surface area (Å²) in [6, 6.07) is 9.20. The smallest absolute Gasteiger partial charge is 0.259 e. The summed E-state index contributed by atoms with van der Waals surface area (Å²) in [6.07, 6.45) is 0.772. The average Bonchev–Trinajstić information content (AvgIpc) is 3.40. The highest BCUT2D eigenvalue weighted by Crippen LogP contribution is 2.41. The van der Waals surface area contributed by atoms with Gasteiger partial charge in [0.2, 0.25) is 0 Å². The minimum atomic E-state index is -1.11. The van der Waals surface area contributed by atoms with Crippen LogP contribution in [0.5, 0.6) is 5.75 Å². The fourth-order valence-electron chi connectivity index (χ4n) is 4.08. The molecule has 5 rings (SSSR count). The molecule has 1 unspecified atom stereocenters. The molecule has 1 aromatic heterocycles. The van der Waals surface area contributed by atoms with Crippen LogP contribution in [0.2, 0.25) is 0 Å². The molecule has 1 atom stereocenters. The number of hydrogen-bond acceptors (Lipinski definition) is 6. The Hall–Kier alpha value is -3.24. The van der Waals surface area contributed by atoms with Gasteiger partial charge in [-0.3, -0.25) is 4.79 Å². The van der Waals surface area contributed by atoms with Crippen LogP contribution in [0.1, 0.15) is 16.8 Å². The van der Waals surface area contributed by atoms with Gasteiger partial charge >= 0.3 is 0 Å². The minimum Gasteiger partial charge on any atom is -0.616 e. The number of anilines is 2. The number of nitrogens with zero attached hydrogens (tertiary/aromatic N) is 4. The number of rotatable bonds is 5. The maximum Gasteiger partial charge on any atom is 0.259 e. The van der Waals surface area contributed by atoms with Crippen LogP contribution in [0.25, 0.3) is 11.4 Å². The van der Waals surface area contributed by atoms with Gasteiger partial charge in [-0.15, -0.1) is 0 Å². The molecule has 0 spiro atoms. The molecule has 0 radical (unpaired) electrons. The first kappa shape index (κ1) is 22.5. The summed E-state index contributed by atoms with van der Waals surface area (Å²) in [5.41, 5.74) is 3.77. The Morgan fingerprint density at radius 1 is 1.15 bits per heavy atom. The summed E-state index contributed by atoms with van der Waals surface area (Å²) in [5.74, 6) is -0.0344. The number of aromatic nitrogens is 2. The second-order valence-corrected chi connectivity index (χ2v) is 9.88. The fraction of sp³-hybridized carbons (Fsp3) is 0.292. The predicted molar refractivity (Wildman–Crippen MR) is 124 cm³/mol. The van der Waals surface area contributed by atoms with Gasteiger partial charge in [-0.25, -0.2) is 18.7 Å². The van der Waals surface area contributed by atoms with Gasteiger partial charge in [-0.05, 0) is 47.4 Å². The maximum absolute atomic E-state index is 13.9. The highest BCUT2D eigenvalue weighted by molar-refractivity contribution is 7.90. The molecule has 2 aromatic carbocycles. The van der Waals surface area contributed by atoms with Crippen LogP contribution < -0.4 is 9.64 Å². The molecule has 0 fully saturated rings. The number of carbonyl (C=O) groups excluding carboxylic acids is 1. The fourth-order valence-corrected chi connectivity index (χ4v) is 5.34. The summed E-state index contributed by atoms with van der Waals surface area (Å²) >= 11 is -1.11. The number of amides is 1. The van der Waals surface area contributed by atoms with E-state index in [0.29, 0.717) is 35.1 Å². The molecule has 176 valence electrons. The monoisotopic (exact) mass is 484 g/mol. The molecule has 34 heavy (non-hydrogen) atoms. The van der Waals surface area contributed by atoms with Crippen molar-refractivity contribution in [3.63, 3.8) is 0 Å². The number of carbonyl (C=O) groups is 1. The zero-order chi connectivity index (χ0) is 24.0. The van der Waals surface area contributed by atoms with Gasteiger partial charge in [0.05, 0.1) is 5.56 Å². The van der Waals surface area contributed by atoms with Crippen molar-refractivity contribution in [2.24, 2.45) is 0 Å². The van der Waals surface area contributed by atoms with Gasteiger partial charge in [0.25, 0.3) is 5.91 Å². The second kappa shape index (κ2) is 8.84. The van der Waals surface area contributed by atoms with Gasteiger partial charge in [0.1, 0.15) is 28.8 Å². The van der Waals surface area contributed by atoms with Gasteiger partial charge in [-0.1, -0.05) is 6.07 Å². The van der Waals surface area contributed by atoms with Crippen LogP contribution in [-0.4, -0.2) is 52.6 Å². The van der Waals surface area contributed by atoms with Crippen LogP contribution in [-0.2, 0) is 33.9 Å². The third-order valence-corrected chi connectivity index (χ3v) is 7.13. The summed E-state index contributed by atoms with van der Waals surface area (Å²) in [7, 11) is 3.33. The zero-order valence-electron chi connectivity index (χ0n) is 18.7. The Labute approximate surface area is 198 Å². The molecule has 2 aliphatic rings. The van der Waals surface area contributed by atoms with Crippen LogP contribution in [0.4, 0.5) is 20.3 Å². The summed E-state index contributed by atoms with van der Waals surface area (Å²) in [4.78, 5) is 24.6. The number of hydrogen-bond donors (Lipinski definition) is 0. The van der Waals surface area contributed by atoms with E-state index in [1.54, 1.807) is 14.1 Å². The molecule has 7 nitrogen and oxygen atoms in total. The maximum atomic E-state index is 13.9. The second-order valence-electron chi connectivity index (χ2n) is 8.42. The van der Waals surface area contributed by atoms with Gasteiger partial charge in [-0.2, -0.15) is 0 Å². The molecule has 1 amide bonds. The van der Waals surface area contributed by atoms with Crippen molar-refractivity contribution < 1.29 is 22.9 Å². The third kappa shape index (κ3) is 4.19. The van der Waals surface area contributed by atoms with E-state index in [9.17, 15) is 18.1 Å². The topological polar surface area (TPSA) is 81.6 Å². The lowest BCUT2D eigenvalue weighted by molar-refractivity contribution is -0.130. The largest absolute Gasteiger partial charge is 0.616 e. The molecule has 0 saturated carbocycles. The Kier molecular flexibility index (Phi) is 5.86. The normalized spacial score (nSPS) is 16.4. The molecule has 3 aromatic rings. The van der Waals surface area contributed by atoms with Gasteiger partial charge < -0.3 is 19.1 Å². The molecule has 3 heterocycles. The van der Waals surface area contributed by atoms with Crippen LogP contribution in [0, 0.1) is 11.6 Å². The number of halogens is 2. The molecule has 0 aliphatic carbocycles. The number of likely N-dealkylation sites (N-methyl/N-ethyl adjacent to an activating group) is 1. The SMILES string of the molecule is CN(C)C(=O)COc1ccc2c(c1)N(c1nc(-c3ccc(F)c(F)c3)nc3c1C[S+]([O-])C3)CC2. The lowest BCUT2D eigenvalue weighted by Gasteiger charge is -2.22. The lowest BCUT2D eigenvalue weighted by Crippen LogP contribution is -2.27. The number of ether oxygens (including phenoxy) is 1. The Morgan fingerprint density at radius 3 is 2.74 bits per heavy atom. The zero-order valence-corrected chi connectivity index (χ0v) is 19.5. The molecule has 2 aliphatic heterocycles. The summed E-state index contributed by atoms with van der Waals surface area (Å²) < 4.78 is 45.4. The van der Waals surface area contributed by atoms with E-state index in [0.717, 1.165) is 35.4 Å². The van der Waals surface area contributed by atoms with E-state index >= 15 is 0 Å². The Bertz CT molecular complexity index is 1290. The molecular formula is C24H22F2N4O3S. The van der Waals surface area contributed by atoms with Crippen molar-refractivity contribution in [3.8, 4) is 17.1 Å². The average molecular weight is 485 g/mol. The quantitative estimate of drug-likeness (QED) is 0.517. The first-order valence-electron chi connectivity index (χ1n) is 10.7. The highest BCUT2D eigenvalue weighted by Gasteiger charge is 2.34. The predicted octanol–water partition coefficient (Wildman–Crippen LogP) is 3.35. The van der Waals surface area contributed by atoms with Crippen LogP contribution in [0.15, 0.2) is 36.4 Å². The van der Waals surface area contributed by atoms with Crippen molar-refractivity contribution >= 4 is 28.6 Å². The van der Waals surface area contributed by atoms with E-state index in [4.69, 9.17) is 9.72 Å². The molecule has 0 saturated heterocycles. The van der Waals surface area contributed by atoms with Gasteiger partial charge in [0.15, 0.2) is 24.1 Å². The van der Waals surface area contributed by atoms with Crippen molar-refractivity contribution in [3.05, 3.63) is 64.9 Å². The van der Waals surface area contributed by atoms with Crippen LogP contribution >= 0.6 is 0 Å². The van der Waals surface area contributed by atoms with E-state index in [1.165, 1.54) is 11.0 Å². The molecule has 10 heteroatoms. The number of fused-ring (bicyclic) bond motifs is 2. The van der Waals surface area contributed by atoms with Crippen molar-refractivity contribution in [1.82, 2.24) is 14.9 Å². The third-order valence-electron chi connectivity index (χ3n) is 5.92. The Morgan fingerprint density at radius 2 is 1.97 bits per heavy atom. The first-order chi connectivity index (χ1) is 16.3. The standard InChI is InChI=1S/C24H22F2N4O3S/c1-29(2)22(31)11-33-16-5-3-14-7-8-30(21(14)10-16)24-17-12-34(32)13-20(17)27-23(28-24)15-4-6-18(25)19(26)9-15/h3-6,9-10H,7-8,11-13H2,1-2H3. The molecule has 0 bridgehead atoms. The van der Waals surface area contributed by atoms with E-state index in [1.807, 2.05) is 23.1 Å². The summed E-state index contributed by atoms with van der Waals surface area (Å²) in [5, 5.41) is 0. The minimum absolute atomic E-state index is 0.0754. The van der Waals surface area contributed by atoms with E-state index in [-0.39, 0.29) is 24.1 Å². The number of benzene rings is 2. The van der Waals surface area contributed by atoms with Gasteiger partial charge in [0, 0.05) is 38.0 Å². The summed E-state index contributed by atoms with van der Waals surface area (Å²) in [6.45, 7) is 0.566. The molecular weight excluding hydrogens is 462 g/mol. The van der Waals surface area contributed by atoms with Crippen molar-refractivity contribution in [1.29, 1.82) is 0 Å². The highest BCUT2D eigenvalue weighted by atomic mass is 32.2. The lowest BCUT2D eigenvalue weighted by atomic mass is 10.1. The first-order valence-corrected chi connectivity index (χ1v) is 12.2. The van der Waals surface area contributed by atoms with E-state index < -0.39 is 22.8 Å².